The SMILES string of the molecule is CN(C)CC1CCC(CNC2=CC(N)(c3ccnc(-c4cnn(S(=O)(=O)C5CC5)c4)n3)NC=C2C#Cc2cnn(C)c2)CC1. The fourth-order valence-corrected chi connectivity index (χ4v) is 7.31. The van der Waals surface area contributed by atoms with Crippen molar-refractivity contribution in [2.75, 3.05) is 27.2 Å². The van der Waals surface area contributed by atoms with Gasteiger partial charge in [0.2, 0.25) is 0 Å². The predicted octanol–water partition coefficient (Wildman–Crippen LogP) is 1.91. The Bertz CT molecular complexity index is 1730. The molecular formula is C31H40N10O2S. The van der Waals surface area contributed by atoms with E-state index in [2.05, 4.69) is 56.7 Å². The second-order valence-electron chi connectivity index (χ2n) is 12.4. The topological polar surface area (TPSA) is 149 Å². The van der Waals surface area contributed by atoms with Crippen molar-refractivity contribution in [1.29, 1.82) is 0 Å². The maximum Gasteiger partial charge on any atom is 0.256 e. The average Bonchev–Trinajstić information content (AvgIpc) is 3.61. The number of allylic oxidation sites excluding steroid dienone is 1. The quantitative estimate of drug-likeness (QED) is 0.305. The van der Waals surface area contributed by atoms with E-state index >= 15 is 0 Å². The highest BCUT2D eigenvalue weighted by molar-refractivity contribution is 7.90. The second-order valence-corrected chi connectivity index (χ2v) is 14.5. The summed E-state index contributed by atoms with van der Waals surface area (Å²) >= 11 is 0. The molecule has 1 unspecified atom stereocenters. The van der Waals surface area contributed by atoms with Gasteiger partial charge < -0.3 is 21.3 Å². The zero-order valence-corrected chi connectivity index (χ0v) is 26.3. The normalized spacial score (nSPS) is 23.8. The molecule has 44 heavy (non-hydrogen) atoms. The number of rotatable bonds is 9. The smallest absolute Gasteiger partial charge is 0.256 e. The molecule has 3 aromatic rings. The van der Waals surface area contributed by atoms with Crippen LogP contribution in [-0.4, -0.2) is 74.7 Å². The number of hydrogen-bond donors (Lipinski definition) is 3. The molecule has 4 N–H and O–H groups in total. The Morgan fingerprint density at radius 1 is 1.09 bits per heavy atom. The van der Waals surface area contributed by atoms with Crippen molar-refractivity contribution in [3.63, 3.8) is 0 Å². The van der Waals surface area contributed by atoms with Gasteiger partial charge in [-0.05, 0) is 76.6 Å². The maximum atomic E-state index is 12.6. The first-order chi connectivity index (χ1) is 21.1. The summed E-state index contributed by atoms with van der Waals surface area (Å²) in [5.41, 5.74) is 9.26. The van der Waals surface area contributed by atoms with Gasteiger partial charge in [0.15, 0.2) is 11.5 Å². The molecule has 2 saturated carbocycles. The van der Waals surface area contributed by atoms with Crippen molar-refractivity contribution >= 4 is 10.0 Å². The van der Waals surface area contributed by atoms with E-state index in [0.29, 0.717) is 35.8 Å². The zero-order chi connectivity index (χ0) is 30.9. The number of hydrogen-bond acceptors (Lipinski definition) is 10. The molecule has 13 heteroatoms. The van der Waals surface area contributed by atoms with E-state index in [4.69, 9.17) is 10.7 Å². The van der Waals surface area contributed by atoms with Crippen LogP contribution < -0.4 is 16.4 Å². The number of nitrogens with one attached hydrogen (secondary N) is 2. The summed E-state index contributed by atoms with van der Waals surface area (Å²) in [5.74, 6) is 8.14. The highest BCUT2D eigenvalue weighted by Gasteiger charge is 2.38. The van der Waals surface area contributed by atoms with Crippen molar-refractivity contribution < 1.29 is 8.42 Å². The van der Waals surface area contributed by atoms with Crippen LogP contribution in [0, 0.1) is 23.7 Å². The lowest BCUT2D eigenvalue weighted by atomic mass is 9.81. The van der Waals surface area contributed by atoms with Crippen LogP contribution in [0.25, 0.3) is 11.4 Å². The van der Waals surface area contributed by atoms with E-state index < -0.39 is 15.7 Å². The van der Waals surface area contributed by atoms with Gasteiger partial charge >= 0.3 is 0 Å². The molecule has 0 radical (unpaired) electrons. The molecule has 232 valence electrons. The van der Waals surface area contributed by atoms with Crippen LogP contribution in [0.3, 0.4) is 0 Å². The summed E-state index contributed by atoms with van der Waals surface area (Å²) in [6, 6.07) is 1.75. The van der Waals surface area contributed by atoms with Gasteiger partial charge in [-0.1, -0.05) is 11.8 Å². The molecule has 0 spiro atoms. The van der Waals surface area contributed by atoms with Crippen molar-refractivity contribution in [1.82, 2.24) is 44.5 Å². The van der Waals surface area contributed by atoms with Crippen molar-refractivity contribution in [2.45, 2.75) is 49.4 Å². The summed E-state index contributed by atoms with van der Waals surface area (Å²) in [4.78, 5) is 11.4. The minimum Gasteiger partial charge on any atom is -0.384 e. The van der Waals surface area contributed by atoms with Gasteiger partial charge in [-0.25, -0.2) is 18.4 Å². The Hall–Kier alpha value is -3.99. The molecule has 1 atom stereocenters. The van der Waals surface area contributed by atoms with E-state index in [0.717, 1.165) is 39.9 Å². The van der Waals surface area contributed by atoms with Crippen LogP contribution in [0.5, 0.6) is 0 Å². The van der Waals surface area contributed by atoms with Crippen LogP contribution in [-0.2, 0) is 22.7 Å². The number of nitrogens with two attached hydrogens (primary N) is 1. The van der Waals surface area contributed by atoms with Gasteiger partial charge in [0.1, 0.15) is 0 Å². The van der Waals surface area contributed by atoms with Crippen LogP contribution in [0.1, 0.15) is 49.8 Å². The Labute approximate surface area is 258 Å². The third kappa shape index (κ3) is 6.72. The van der Waals surface area contributed by atoms with Crippen LogP contribution in [0.4, 0.5) is 0 Å². The Morgan fingerprint density at radius 3 is 2.57 bits per heavy atom. The molecule has 2 aliphatic carbocycles. The zero-order valence-electron chi connectivity index (χ0n) is 25.4. The maximum absolute atomic E-state index is 12.6. The van der Waals surface area contributed by atoms with E-state index in [9.17, 15) is 8.42 Å². The molecule has 6 rings (SSSR count). The van der Waals surface area contributed by atoms with Crippen LogP contribution >= 0.6 is 0 Å². The first-order valence-corrected chi connectivity index (χ1v) is 16.6. The molecule has 0 amide bonds. The minimum absolute atomic E-state index is 0.343. The molecule has 4 heterocycles. The third-order valence-electron chi connectivity index (χ3n) is 8.44. The molecule has 12 nitrogen and oxygen atoms in total. The van der Waals surface area contributed by atoms with Crippen molar-refractivity contribution in [2.24, 2.45) is 24.6 Å². The third-order valence-corrected chi connectivity index (χ3v) is 10.5. The van der Waals surface area contributed by atoms with Gasteiger partial charge in [0, 0.05) is 38.7 Å². The first kappa shape index (κ1) is 30.1. The summed E-state index contributed by atoms with van der Waals surface area (Å²) < 4.78 is 28.0. The van der Waals surface area contributed by atoms with Crippen LogP contribution in [0.2, 0.25) is 0 Å². The van der Waals surface area contributed by atoms with Gasteiger partial charge in [0.05, 0.1) is 51.9 Å². The number of dihydropyridines is 1. The minimum atomic E-state index is -3.49. The number of aromatic nitrogens is 6. The van der Waals surface area contributed by atoms with Gasteiger partial charge in [-0.15, -0.1) is 0 Å². The fraction of sp³-hybridized carbons (Fsp3) is 0.484. The number of nitrogens with zero attached hydrogens (tertiary/aromatic N) is 7. The fourth-order valence-electron chi connectivity index (χ4n) is 5.83. The first-order valence-electron chi connectivity index (χ1n) is 15.1. The van der Waals surface area contributed by atoms with Gasteiger partial charge in [-0.2, -0.15) is 14.3 Å². The molecule has 0 aromatic carbocycles. The molecule has 0 saturated heterocycles. The Kier molecular flexibility index (Phi) is 8.32. The molecule has 2 fully saturated rings. The van der Waals surface area contributed by atoms with Crippen LogP contribution in [0.15, 0.2) is 60.6 Å². The molecule has 3 aliphatic rings. The molecule has 3 aromatic heterocycles. The average molecular weight is 617 g/mol. The van der Waals surface area contributed by atoms with E-state index in [1.54, 1.807) is 23.1 Å². The lowest BCUT2D eigenvalue weighted by Gasteiger charge is -2.33. The van der Waals surface area contributed by atoms with E-state index in [-0.39, 0.29) is 5.25 Å². The number of aryl methyl sites for hydroxylation is 1. The van der Waals surface area contributed by atoms with Gasteiger partial charge in [0.25, 0.3) is 10.0 Å². The van der Waals surface area contributed by atoms with Crippen molar-refractivity contribution in [3.8, 4) is 23.2 Å². The largest absolute Gasteiger partial charge is 0.384 e. The standard InChI is InChI=1S/C31H40N10O2S/c1-39(2)19-23-6-4-22(5-7-23)15-34-28-14-31(32,35-17-25(28)9-8-24-16-36-40(3)20-24)29-12-13-33-30(38-29)26-18-37-41(21-26)44(42,43)27-10-11-27/h12-14,16-18,20-23,27,34-35H,4-7,10-11,15,19,32H2,1-3H3. The highest BCUT2D eigenvalue weighted by Crippen LogP contribution is 2.32. The second kappa shape index (κ2) is 12.2. The lowest BCUT2D eigenvalue weighted by Crippen LogP contribution is -2.50. The Morgan fingerprint density at radius 2 is 1.86 bits per heavy atom. The summed E-state index contributed by atoms with van der Waals surface area (Å²) in [6.45, 7) is 1.97. The van der Waals surface area contributed by atoms with Crippen molar-refractivity contribution in [3.05, 3.63) is 71.9 Å². The molecule has 1 aliphatic heterocycles. The van der Waals surface area contributed by atoms with E-state index in [1.807, 2.05) is 25.5 Å². The Balaban J connectivity index is 1.23. The van der Waals surface area contributed by atoms with E-state index in [1.165, 1.54) is 38.1 Å². The molecule has 0 bridgehead atoms. The summed E-state index contributed by atoms with van der Waals surface area (Å²) in [6.07, 6.45) is 18.1. The van der Waals surface area contributed by atoms with Gasteiger partial charge in [-0.3, -0.25) is 4.68 Å². The summed E-state index contributed by atoms with van der Waals surface area (Å²) in [5, 5.41) is 14.9. The summed E-state index contributed by atoms with van der Waals surface area (Å²) in [7, 11) is 2.66. The molecular weight excluding hydrogens is 576 g/mol. The monoisotopic (exact) mass is 616 g/mol. The highest BCUT2D eigenvalue weighted by atomic mass is 32.2. The predicted molar refractivity (Wildman–Crippen MR) is 168 cm³/mol. The lowest BCUT2D eigenvalue weighted by molar-refractivity contribution is 0.221.